The first-order valence-corrected chi connectivity index (χ1v) is 24.9. The number of hydrogen-bond donors (Lipinski definition) is 1. The van der Waals surface area contributed by atoms with Gasteiger partial charge in [-0.1, -0.05) is 172 Å². The molecule has 57 heavy (non-hydrogen) atoms. The van der Waals surface area contributed by atoms with Gasteiger partial charge < -0.3 is 14.4 Å². The first kappa shape index (κ1) is 55.0. The molecule has 1 N–H and O–H groups in total. The van der Waals surface area contributed by atoms with E-state index in [9.17, 15) is 19.0 Å². The fourth-order valence-electron chi connectivity index (χ4n) is 6.40. The van der Waals surface area contributed by atoms with Crippen molar-refractivity contribution in [1.82, 2.24) is 0 Å². The minimum atomic E-state index is -4.29. The van der Waals surface area contributed by atoms with Crippen LogP contribution in [0.4, 0.5) is 0 Å². The summed E-state index contributed by atoms with van der Waals surface area (Å²) in [4.78, 5) is 34.8. The van der Waals surface area contributed by atoms with Gasteiger partial charge in [0.1, 0.15) is 6.61 Å². The lowest BCUT2D eigenvalue weighted by Gasteiger charge is -2.19. The Hall–Kier alpha value is -1.99. The van der Waals surface area contributed by atoms with Gasteiger partial charge in [0.15, 0.2) is 6.10 Å². The summed E-state index contributed by atoms with van der Waals surface area (Å²) in [5.74, 6) is -0.808. The van der Waals surface area contributed by atoms with E-state index >= 15 is 0 Å². The van der Waals surface area contributed by atoms with E-state index < -0.39 is 26.5 Å². The molecule has 0 fully saturated rings. The number of carbonyl (C=O) groups excluding carboxylic acids is 2. The van der Waals surface area contributed by atoms with E-state index in [-0.39, 0.29) is 32.0 Å². The zero-order valence-electron chi connectivity index (χ0n) is 37.0. The molecule has 9 heteroatoms. The first-order chi connectivity index (χ1) is 27.8. The van der Waals surface area contributed by atoms with E-state index in [1.807, 2.05) is 0 Å². The van der Waals surface area contributed by atoms with Crippen LogP contribution < -0.4 is 0 Å². The van der Waals surface area contributed by atoms with Gasteiger partial charge in [0.2, 0.25) is 0 Å². The van der Waals surface area contributed by atoms with Crippen LogP contribution in [0.5, 0.6) is 0 Å². The lowest BCUT2D eigenvalue weighted by Crippen LogP contribution is -2.29. The highest BCUT2D eigenvalue weighted by Gasteiger charge is 2.25. The Kier molecular flexibility index (Phi) is 42.1. The minimum absolute atomic E-state index is 0.00284. The molecule has 0 bridgehead atoms. The molecule has 0 aromatic heterocycles. The van der Waals surface area contributed by atoms with Gasteiger partial charge in [-0.2, -0.15) is 0 Å². The molecule has 0 aromatic rings. The van der Waals surface area contributed by atoms with E-state index in [0.717, 1.165) is 70.6 Å². The van der Waals surface area contributed by atoms with Crippen molar-refractivity contribution >= 4 is 19.8 Å². The third-order valence-corrected chi connectivity index (χ3v) is 10.9. The Bertz CT molecular complexity index is 1070. The van der Waals surface area contributed by atoms with Gasteiger partial charge in [0.25, 0.3) is 0 Å². The van der Waals surface area contributed by atoms with Crippen LogP contribution >= 0.6 is 7.82 Å². The Morgan fingerprint density at radius 2 is 0.842 bits per heavy atom. The summed E-state index contributed by atoms with van der Waals surface area (Å²) in [7, 11) is -4.29. The van der Waals surface area contributed by atoms with E-state index in [0.29, 0.717) is 6.42 Å². The molecule has 2 unspecified atom stereocenters. The number of esters is 2. The quantitative estimate of drug-likeness (QED) is 0.0280. The van der Waals surface area contributed by atoms with E-state index in [4.69, 9.17) is 18.5 Å². The van der Waals surface area contributed by atoms with Gasteiger partial charge in [-0.3, -0.25) is 18.6 Å². The van der Waals surface area contributed by atoms with Crippen LogP contribution in [0.25, 0.3) is 0 Å². The van der Waals surface area contributed by atoms with Crippen molar-refractivity contribution in [3.05, 3.63) is 48.6 Å². The molecule has 0 radical (unpaired) electrons. The van der Waals surface area contributed by atoms with Crippen molar-refractivity contribution in [2.45, 2.75) is 226 Å². The van der Waals surface area contributed by atoms with Crippen molar-refractivity contribution in [2.75, 3.05) is 19.8 Å². The maximum Gasteiger partial charge on any atom is 0.472 e. The summed E-state index contributed by atoms with van der Waals surface area (Å²) in [6, 6.07) is 0. The van der Waals surface area contributed by atoms with Crippen LogP contribution in [0, 0.1) is 0 Å². The third-order valence-electron chi connectivity index (χ3n) is 9.86. The number of ether oxygens (including phenoxy) is 2. The average molecular weight is 823 g/mol. The van der Waals surface area contributed by atoms with Crippen LogP contribution in [0.2, 0.25) is 0 Å². The van der Waals surface area contributed by atoms with Gasteiger partial charge in [-0.15, -0.1) is 0 Å². The molecule has 2 atom stereocenters. The van der Waals surface area contributed by atoms with Crippen LogP contribution in [0.15, 0.2) is 48.6 Å². The van der Waals surface area contributed by atoms with Crippen LogP contribution in [-0.2, 0) is 32.7 Å². The lowest BCUT2D eigenvalue weighted by molar-refractivity contribution is -0.161. The summed E-state index contributed by atoms with van der Waals surface area (Å²) in [6.07, 6.45) is 51.6. The molecule has 0 heterocycles. The van der Waals surface area contributed by atoms with Crippen molar-refractivity contribution in [1.29, 1.82) is 0 Å². The third kappa shape index (κ3) is 43.4. The second-order valence-electron chi connectivity index (χ2n) is 15.4. The molecule has 0 saturated heterocycles. The van der Waals surface area contributed by atoms with Gasteiger partial charge in [-0.25, -0.2) is 4.57 Å². The predicted octanol–water partition coefficient (Wildman–Crippen LogP) is 15.0. The molecule has 0 aromatic carbocycles. The molecule has 8 nitrogen and oxygen atoms in total. The number of carbonyl (C=O) groups is 2. The molecule has 0 saturated carbocycles. The second kappa shape index (κ2) is 43.6. The SMILES string of the molecule is CCCCC/C=C\C/C=C\CCCCCCCCCCCC(=O)OC(COC(=O)CCCCCCCCC/C=C\C/C=C\CCCCCC)COP(=O)(O)OCC. The van der Waals surface area contributed by atoms with Crippen molar-refractivity contribution in [3.8, 4) is 0 Å². The van der Waals surface area contributed by atoms with Gasteiger partial charge in [-0.05, 0) is 84.0 Å². The van der Waals surface area contributed by atoms with Crippen molar-refractivity contribution < 1.29 is 37.6 Å². The Morgan fingerprint density at radius 3 is 1.28 bits per heavy atom. The van der Waals surface area contributed by atoms with Crippen molar-refractivity contribution in [2.24, 2.45) is 0 Å². The van der Waals surface area contributed by atoms with Gasteiger partial charge in [0, 0.05) is 12.8 Å². The average Bonchev–Trinajstić information content (AvgIpc) is 3.19. The smallest absolute Gasteiger partial charge is 0.462 e. The molecular formula is C48H87O8P. The molecule has 0 aliphatic heterocycles. The normalized spacial score (nSPS) is 13.7. The van der Waals surface area contributed by atoms with Crippen LogP contribution in [0.1, 0.15) is 220 Å². The minimum Gasteiger partial charge on any atom is -0.462 e. The first-order valence-electron chi connectivity index (χ1n) is 23.4. The molecule has 0 aliphatic rings. The number of phosphoric ester groups is 1. The topological polar surface area (TPSA) is 108 Å². The van der Waals surface area contributed by atoms with E-state index in [1.54, 1.807) is 6.92 Å². The fraction of sp³-hybridized carbons (Fsp3) is 0.792. The lowest BCUT2D eigenvalue weighted by atomic mass is 10.1. The number of rotatable bonds is 43. The second-order valence-corrected chi connectivity index (χ2v) is 16.9. The summed E-state index contributed by atoms with van der Waals surface area (Å²) in [5.41, 5.74) is 0. The molecular weight excluding hydrogens is 735 g/mol. The predicted molar refractivity (Wildman–Crippen MR) is 239 cm³/mol. The highest BCUT2D eigenvalue weighted by atomic mass is 31.2. The number of allylic oxidation sites excluding steroid dienone is 8. The maximum absolute atomic E-state index is 12.6. The van der Waals surface area contributed by atoms with Crippen LogP contribution in [-0.4, -0.2) is 42.8 Å². The largest absolute Gasteiger partial charge is 0.472 e. The molecule has 0 spiro atoms. The zero-order chi connectivity index (χ0) is 41.8. The highest BCUT2D eigenvalue weighted by Crippen LogP contribution is 2.43. The number of unbranched alkanes of at least 4 members (excludes halogenated alkanes) is 23. The maximum atomic E-state index is 12.6. The monoisotopic (exact) mass is 823 g/mol. The summed E-state index contributed by atoms with van der Waals surface area (Å²) < 4.78 is 32.7. The van der Waals surface area contributed by atoms with Gasteiger partial charge >= 0.3 is 19.8 Å². The number of hydrogen-bond acceptors (Lipinski definition) is 7. The highest BCUT2D eigenvalue weighted by molar-refractivity contribution is 7.47. The zero-order valence-corrected chi connectivity index (χ0v) is 37.9. The van der Waals surface area contributed by atoms with E-state index in [2.05, 4.69) is 62.5 Å². The van der Waals surface area contributed by atoms with Crippen LogP contribution in [0.3, 0.4) is 0 Å². The number of phosphoric acid groups is 1. The standard InChI is InChI=1S/C48H87O8P/c1-4-7-9-11-13-15-17-19-21-23-25-27-29-31-33-35-37-39-41-43-48(50)56-46(45-55-57(51,52)54-6-3)44-53-47(49)42-40-38-36-34-32-30-28-26-24-22-20-18-16-14-12-10-8-5-2/h13,15-16,18-19,21-22,24,46H,4-12,14,17,20,23,25-45H2,1-3H3,(H,51,52)/b15-13-,18-16-,21-19-,24-22-. The molecule has 0 rings (SSSR count). The summed E-state index contributed by atoms with van der Waals surface area (Å²) in [6.45, 7) is 5.44. The summed E-state index contributed by atoms with van der Waals surface area (Å²) >= 11 is 0. The van der Waals surface area contributed by atoms with Crippen molar-refractivity contribution in [3.63, 3.8) is 0 Å². The molecule has 332 valence electrons. The molecule has 0 amide bonds. The Balaban J connectivity index is 4.06. The summed E-state index contributed by atoms with van der Waals surface area (Å²) in [5, 5.41) is 0. The fourth-order valence-corrected chi connectivity index (χ4v) is 7.15. The van der Waals surface area contributed by atoms with E-state index in [1.165, 1.54) is 109 Å². The molecule has 0 aliphatic carbocycles. The Morgan fingerprint density at radius 1 is 0.474 bits per heavy atom. The Labute approximate surface area is 350 Å². The van der Waals surface area contributed by atoms with Gasteiger partial charge in [0.05, 0.1) is 13.2 Å².